The molecule has 0 bridgehead atoms. The van der Waals surface area contributed by atoms with Crippen LogP contribution in [0, 0.1) is 13.8 Å². The van der Waals surface area contributed by atoms with Gasteiger partial charge in [0.1, 0.15) is 0 Å². The Morgan fingerprint density at radius 1 is 1.31 bits per heavy atom. The Kier molecular flexibility index (Phi) is 4.05. The van der Waals surface area contributed by atoms with E-state index in [2.05, 4.69) is 10.3 Å². The van der Waals surface area contributed by atoms with Gasteiger partial charge >= 0.3 is 5.97 Å². The number of hydroxylamine groups is 1. The lowest BCUT2D eigenvalue weighted by atomic mass is 10.0. The molecule has 4 nitrogen and oxygen atoms in total. The molecule has 1 aromatic carbocycles. The van der Waals surface area contributed by atoms with Crippen molar-refractivity contribution in [2.24, 2.45) is 0 Å². The van der Waals surface area contributed by atoms with Crippen LogP contribution >= 0.6 is 0 Å². The summed E-state index contributed by atoms with van der Waals surface area (Å²) in [5, 5.41) is 0. The standard InChI is InChI=1S/C12H15NO3/c1-4-11(14)16-13-12(15)10-7-5-6-8(2)9(10)3/h5-7H,4H2,1-3H3,(H,13,15). The van der Waals surface area contributed by atoms with Crippen LogP contribution in [0.2, 0.25) is 0 Å². The van der Waals surface area contributed by atoms with Crippen molar-refractivity contribution in [1.82, 2.24) is 5.48 Å². The lowest BCUT2D eigenvalue weighted by Crippen LogP contribution is -2.27. The van der Waals surface area contributed by atoms with Crippen LogP contribution < -0.4 is 5.48 Å². The van der Waals surface area contributed by atoms with E-state index in [9.17, 15) is 9.59 Å². The predicted molar refractivity (Wildman–Crippen MR) is 59.8 cm³/mol. The van der Waals surface area contributed by atoms with Crippen LogP contribution in [0.3, 0.4) is 0 Å². The second kappa shape index (κ2) is 5.30. The number of amides is 1. The molecule has 0 aromatic heterocycles. The number of hydrogen-bond acceptors (Lipinski definition) is 3. The quantitative estimate of drug-likeness (QED) is 0.776. The molecule has 0 unspecified atom stereocenters. The van der Waals surface area contributed by atoms with E-state index in [0.29, 0.717) is 5.56 Å². The summed E-state index contributed by atoms with van der Waals surface area (Å²) in [6.07, 6.45) is 0.229. The molecule has 0 heterocycles. The average Bonchev–Trinajstić information content (AvgIpc) is 2.29. The Labute approximate surface area is 94.6 Å². The highest BCUT2D eigenvalue weighted by molar-refractivity contribution is 5.95. The van der Waals surface area contributed by atoms with Crippen molar-refractivity contribution in [1.29, 1.82) is 0 Å². The maximum Gasteiger partial charge on any atom is 0.331 e. The van der Waals surface area contributed by atoms with Crippen LogP contribution in [-0.4, -0.2) is 11.9 Å². The molecule has 0 atom stereocenters. The van der Waals surface area contributed by atoms with E-state index in [1.54, 1.807) is 19.1 Å². The Morgan fingerprint density at radius 2 is 2.00 bits per heavy atom. The molecule has 0 saturated heterocycles. The SMILES string of the molecule is CCC(=O)ONC(=O)c1cccc(C)c1C. The Hall–Kier alpha value is -1.84. The molecular weight excluding hydrogens is 206 g/mol. The molecular formula is C12H15NO3. The third-order valence-electron chi connectivity index (χ3n) is 2.40. The minimum absolute atomic E-state index is 0.229. The molecule has 0 fully saturated rings. The van der Waals surface area contributed by atoms with Crippen molar-refractivity contribution >= 4 is 11.9 Å². The van der Waals surface area contributed by atoms with Gasteiger partial charge in [-0.15, -0.1) is 0 Å². The minimum Gasteiger partial charge on any atom is -0.341 e. The number of nitrogens with one attached hydrogen (secondary N) is 1. The molecule has 86 valence electrons. The smallest absolute Gasteiger partial charge is 0.331 e. The summed E-state index contributed by atoms with van der Waals surface area (Å²) in [4.78, 5) is 27.1. The van der Waals surface area contributed by atoms with Gasteiger partial charge in [-0.1, -0.05) is 19.1 Å². The number of carbonyl (C=O) groups excluding carboxylic acids is 2. The molecule has 1 N–H and O–H groups in total. The summed E-state index contributed by atoms with van der Waals surface area (Å²) in [6.45, 7) is 5.43. The van der Waals surface area contributed by atoms with E-state index in [-0.39, 0.29) is 6.42 Å². The topological polar surface area (TPSA) is 55.4 Å². The zero-order valence-corrected chi connectivity index (χ0v) is 9.66. The number of benzene rings is 1. The predicted octanol–water partition coefficient (Wildman–Crippen LogP) is 1.90. The summed E-state index contributed by atoms with van der Waals surface area (Å²) in [5.41, 5.74) is 4.55. The second-order valence-corrected chi connectivity index (χ2v) is 3.51. The van der Waals surface area contributed by atoms with Crippen LogP contribution in [0.5, 0.6) is 0 Å². The maximum absolute atomic E-state index is 11.6. The lowest BCUT2D eigenvalue weighted by molar-refractivity contribution is -0.148. The summed E-state index contributed by atoms with van der Waals surface area (Å²) >= 11 is 0. The van der Waals surface area contributed by atoms with E-state index in [1.165, 1.54) is 0 Å². The zero-order valence-electron chi connectivity index (χ0n) is 9.66. The van der Waals surface area contributed by atoms with Gasteiger partial charge in [-0.2, -0.15) is 5.48 Å². The van der Waals surface area contributed by atoms with Crippen LogP contribution in [0.1, 0.15) is 34.8 Å². The van der Waals surface area contributed by atoms with E-state index in [1.807, 2.05) is 19.9 Å². The minimum atomic E-state index is -0.460. The molecule has 0 radical (unpaired) electrons. The Bertz CT molecular complexity index is 413. The first kappa shape index (κ1) is 12.2. The molecule has 16 heavy (non-hydrogen) atoms. The third kappa shape index (κ3) is 2.82. The molecule has 0 saturated carbocycles. The van der Waals surface area contributed by atoms with Crippen LogP contribution in [0.4, 0.5) is 0 Å². The monoisotopic (exact) mass is 221 g/mol. The highest BCUT2D eigenvalue weighted by atomic mass is 16.7. The molecule has 0 aliphatic heterocycles. The van der Waals surface area contributed by atoms with Crippen molar-refractivity contribution in [2.75, 3.05) is 0 Å². The third-order valence-corrected chi connectivity index (χ3v) is 2.40. The summed E-state index contributed by atoms with van der Waals surface area (Å²) in [5.74, 6) is -0.860. The normalized spacial score (nSPS) is 9.69. The fraction of sp³-hybridized carbons (Fsp3) is 0.333. The highest BCUT2D eigenvalue weighted by Gasteiger charge is 2.11. The summed E-state index contributed by atoms with van der Waals surface area (Å²) in [7, 11) is 0. The fourth-order valence-corrected chi connectivity index (χ4v) is 1.23. The first-order valence-corrected chi connectivity index (χ1v) is 5.12. The van der Waals surface area contributed by atoms with Gasteiger partial charge < -0.3 is 4.84 Å². The van der Waals surface area contributed by atoms with E-state index >= 15 is 0 Å². The van der Waals surface area contributed by atoms with Crippen molar-refractivity contribution in [3.8, 4) is 0 Å². The molecule has 1 rings (SSSR count). The first-order valence-electron chi connectivity index (χ1n) is 5.12. The number of aryl methyl sites for hydroxylation is 1. The molecule has 1 amide bonds. The van der Waals surface area contributed by atoms with E-state index < -0.39 is 11.9 Å². The van der Waals surface area contributed by atoms with Crippen LogP contribution in [0.25, 0.3) is 0 Å². The molecule has 1 aromatic rings. The van der Waals surface area contributed by atoms with Crippen molar-refractivity contribution in [3.05, 3.63) is 34.9 Å². The van der Waals surface area contributed by atoms with Gasteiger partial charge in [-0.25, -0.2) is 4.79 Å². The van der Waals surface area contributed by atoms with Gasteiger partial charge in [-0.3, -0.25) is 4.79 Å². The van der Waals surface area contributed by atoms with Gasteiger partial charge in [0.05, 0.1) is 0 Å². The number of rotatable bonds is 2. The number of carbonyl (C=O) groups is 2. The van der Waals surface area contributed by atoms with Gasteiger partial charge in [-0.05, 0) is 31.0 Å². The van der Waals surface area contributed by atoms with Crippen molar-refractivity contribution in [2.45, 2.75) is 27.2 Å². The summed E-state index contributed by atoms with van der Waals surface area (Å²) in [6, 6.07) is 5.40. The maximum atomic E-state index is 11.6. The zero-order chi connectivity index (χ0) is 12.1. The summed E-state index contributed by atoms with van der Waals surface area (Å²) < 4.78 is 0. The highest BCUT2D eigenvalue weighted by Crippen LogP contribution is 2.12. The van der Waals surface area contributed by atoms with Crippen LogP contribution in [-0.2, 0) is 9.63 Å². The fourth-order valence-electron chi connectivity index (χ4n) is 1.23. The first-order chi connectivity index (χ1) is 7.56. The Balaban J connectivity index is 2.74. The lowest BCUT2D eigenvalue weighted by Gasteiger charge is -2.08. The largest absolute Gasteiger partial charge is 0.341 e. The van der Waals surface area contributed by atoms with Gasteiger partial charge in [0.25, 0.3) is 5.91 Å². The van der Waals surface area contributed by atoms with Gasteiger partial charge in [0.2, 0.25) is 0 Å². The van der Waals surface area contributed by atoms with E-state index in [4.69, 9.17) is 0 Å². The van der Waals surface area contributed by atoms with Gasteiger partial charge in [0, 0.05) is 12.0 Å². The van der Waals surface area contributed by atoms with Crippen LogP contribution in [0.15, 0.2) is 18.2 Å². The van der Waals surface area contributed by atoms with Gasteiger partial charge in [0.15, 0.2) is 0 Å². The average molecular weight is 221 g/mol. The van der Waals surface area contributed by atoms with Crippen molar-refractivity contribution in [3.63, 3.8) is 0 Å². The van der Waals surface area contributed by atoms with Crippen molar-refractivity contribution < 1.29 is 14.4 Å². The van der Waals surface area contributed by atoms with E-state index in [0.717, 1.165) is 11.1 Å². The Morgan fingerprint density at radius 3 is 2.62 bits per heavy atom. The molecule has 0 spiro atoms. The number of hydrogen-bond donors (Lipinski definition) is 1. The molecule has 0 aliphatic carbocycles. The second-order valence-electron chi connectivity index (χ2n) is 3.51. The molecule has 0 aliphatic rings. The molecule has 4 heteroatoms.